The summed E-state index contributed by atoms with van der Waals surface area (Å²) in [6.45, 7) is 6.81. The van der Waals surface area contributed by atoms with E-state index < -0.39 is 0 Å². The van der Waals surface area contributed by atoms with Gasteiger partial charge in [0, 0.05) is 30.7 Å². The van der Waals surface area contributed by atoms with Crippen LogP contribution in [0.5, 0.6) is 0 Å². The molecular weight excluding hydrogens is 250 g/mol. The first-order chi connectivity index (χ1) is 9.65. The van der Waals surface area contributed by atoms with E-state index in [-0.39, 0.29) is 5.91 Å². The minimum Gasteiger partial charge on any atom is -0.350 e. The van der Waals surface area contributed by atoms with E-state index in [9.17, 15) is 4.79 Å². The van der Waals surface area contributed by atoms with Crippen LogP contribution in [0.2, 0.25) is 0 Å². The van der Waals surface area contributed by atoms with Crippen molar-refractivity contribution in [2.24, 2.45) is 0 Å². The van der Waals surface area contributed by atoms with Crippen LogP contribution in [0.3, 0.4) is 0 Å². The van der Waals surface area contributed by atoms with Gasteiger partial charge in [-0.25, -0.2) is 0 Å². The largest absolute Gasteiger partial charge is 0.350 e. The minimum absolute atomic E-state index is 0.0186. The van der Waals surface area contributed by atoms with Crippen LogP contribution < -0.4 is 16.0 Å². The number of carbonyl (C=O) groups is 1. The number of benzene rings is 1. The first-order valence-corrected chi connectivity index (χ1v) is 7.49. The monoisotopic (exact) mass is 275 g/mol. The van der Waals surface area contributed by atoms with Crippen LogP contribution in [0.15, 0.2) is 24.3 Å². The summed E-state index contributed by atoms with van der Waals surface area (Å²) in [4.78, 5) is 12.1. The van der Waals surface area contributed by atoms with Crippen molar-refractivity contribution in [1.82, 2.24) is 16.0 Å². The van der Waals surface area contributed by atoms with Gasteiger partial charge in [0.1, 0.15) is 0 Å². The Kier molecular flexibility index (Phi) is 5.56. The second-order valence-electron chi connectivity index (χ2n) is 5.74. The Hall–Kier alpha value is -1.39. The van der Waals surface area contributed by atoms with E-state index in [1.54, 1.807) is 0 Å². The van der Waals surface area contributed by atoms with Crippen LogP contribution in [0.1, 0.15) is 42.6 Å². The van der Waals surface area contributed by atoms with Crippen LogP contribution in [0.25, 0.3) is 0 Å². The lowest BCUT2D eigenvalue weighted by atomic mass is 10.1. The standard InChI is InChI=1S/C16H25N3O/c1-12(2)18-10-13-5-3-6-14(9-13)16(20)19-11-15-7-4-8-17-15/h3,5-6,9,12,15,17-18H,4,7-8,10-11H2,1-2H3,(H,19,20)/t15-/m1/s1. The number of amides is 1. The zero-order chi connectivity index (χ0) is 14.4. The van der Waals surface area contributed by atoms with Gasteiger partial charge in [0.05, 0.1) is 0 Å². The molecule has 0 radical (unpaired) electrons. The molecule has 0 spiro atoms. The van der Waals surface area contributed by atoms with Crippen molar-refractivity contribution in [3.8, 4) is 0 Å². The van der Waals surface area contributed by atoms with Crippen molar-refractivity contribution in [3.63, 3.8) is 0 Å². The van der Waals surface area contributed by atoms with Gasteiger partial charge >= 0.3 is 0 Å². The van der Waals surface area contributed by atoms with Gasteiger partial charge in [0.15, 0.2) is 0 Å². The Morgan fingerprint density at radius 1 is 1.45 bits per heavy atom. The zero-order valence-corrected chi connectivity index (χ0v) is 12.4. The van der Waals surface area contributed by atoms with Gasteiger partial charge in [-0.1, -0.05) is 26.0 Å². The van der Waals surface area contributed by atoms with Crippen LogP contribution in [0, 0.1) is 0 Å². The Morgan fingerprint density at radius 2 is 2.30 bits per heavy atom. The first-order valence-electron chi connectivity index (χ1n) is 7.49. The second-order valence-corrected chi connectivity index (χ2v) is 5.74. The predicted molar refractivity (Wildman–Crippen MR) is 81.8 cm³/mol. The molecule has 0 unspecified atom stereocenters. The average molecular weight is 275 g/mol. The highest BCUT2D eigenvalue weighted by Crippen LogP contribution is 2.07. The topological polar surface area (TPSA) is 53.2 Å². The highest BCUT2D eigenvalue weighted by atomic mass is 16.1. The summed E-state index contributed by atoms with van der Waals surface area (Å²) in [6.07, 6.45) is 2.36. The van der Waals surface area contributed by atoms with E-state index in [0.717, 1.165) is 30.6 Å². The summed E-state index contributed by atoms with van der Waals surface area (Å²) >= 11 is 0. The molecule has 1 aliphatic rings. The molecule has 0 aromatic heterocycles. The van der Waals surface area contributed by atoms with Crippen molar-refractivity contribution in [3.05, 3.63) is 35.4 Å². The molecule has 2 rings (SSSR count). The summed E-state index contributed by atoms with van der Waals surface area (Å²) in [6, 6.07) is 8.71. The molecule has 20 heavy (non-hydrogen) atoms. The van der Waals surface area contributed by atoms with Gasteiger partial charge in [-0.15, -0.1) is 0 Å². The van der Waals surface area contributed by atoms with Crippen molar-refractivity contribution >= 4 is 5.91 Å². The molecule has 1 saturated heterocycles. The molecule has 1 aromatic rings. The molecule has 1 fully saturated rings. The average Bonchev–Trinajstić information content (AvgIpc) is 2.96. The summed E-state index contributed by atoms with van der Waals surface area (Å²) < 4.78 is 0. The lowest BCUT2D eigenvalue weighted by Crippen LogP contribution is -2.37. The SMILES string of the molecule is CC(C)NCc1cccc(C(=O)NC[C@H]2CCCN2)c1. The summed E-state index contributed by atoms with van der Waals surface area (Å²) in [5, 5.41) is 9.76. The van der Waals surface area contributed by atoms with Gasteiger partial charge in [0.25, 0.3) is 5.91 Å². The van der Waals surface area contributed by atoms with E-state index in [1.807, 2.05) is 24.3 Å². The number of hydrogen-bond acceptors (Lipinski definition) is 3. The van der Waals surface area contributed by atoms with Crippen LogP contribution in [0.4, 0.5) is 0 Å². The highest BCUT2D eigenvalue weighted by molar-refractivity contribution is 5.94. The van der Waals surface area contributed by atoms with Gasteiger partial charge in [-0.3, -0.25) is 4.79 Å². The molecule has 1 aromatic carbocycles. The van der Waals surface area contributed by atoms with Crippen molar-refractivity contribution in [2.75, 3.05) is 13.1 Å². The van der Waals surface area contributed by atoms with Crippen molar-refractivity contribution in [2.45, 2.75) is 45.3 Å². The van der Waals surface area contributed by atoms with Crippen LogP contribution >= 0.6 is 0 Å². The zero-order valence-electron chi connectivity index (χ0n) is 12.4. The molecule has 3 N–H and O–H groups in total. The van der Waals surface area contributed by atoms with Crippen molar-refractivity contribution in [1.29, 1.82) is 0 Å². The molecule has 1 heterocycles. The predicted octanol–water partition coefficient (Wildman–Crippen LogP) is 1.67. The molecule has 1 amide bonds. The lowest BCUT2D eigenvalue weighted by molar-refractivity contribution is 0.0950. The number of carbonyl (C=O) groups excluding carboxylic acids is 1. The van der Waals surface area contributed by atoms with E-state index in [0.29, 0.717) is 18.6 Å². The fraction of sp³-hybridized carbons (Fsp3) is 0.562. The van der Waals surface area contributed by atoms with Gasteiger partial charge < -0.3 is 16.0 Å². The molecule has 1 aliphatic heterocycles. The van der Waals surface area contributed by atoms with Crippen LogP contribution in [-0.2, 0) is 6.54 Å². The summed E-state index contributed by atoms with van der Waals surface area (Å²) in [5.74, 6) is 0.0186. The maximum absolute atomic E-state index is 12.1. The molecule has 4 nitrogen and oxygen atoms in total. The Bertz CT molecular complexity index is 439. The first kappa shape index (κ1) is 15.0. The molecule has 4 heteroatoms. The highest BCUT2D eigenvalue weighted by Gasteiger charge is 2.15. The van der Waals surface area contributed by atoms with Gasteiger partial charge in [-0.2, -0.15) is 0 Å². The third kappa shape index (κ3) is 4.62. The smallest absolute Gasteiger partial charge is 0.251 e. The minimum atomic E-state index is 0.0186. The van der Waals surface area contributed by atoms with Gasteiger partial charge in [0.2, 0.25) is 0 Å². The number of rotatable bonds is 6. The third-order valence-corrected chi connectivity index (χ3v) is 3.57. The molecule has 1 atom stereocenters. The van der Waals surface area contributed by atoms with E-state index >= 15 is 0 Å². The van der Waals surface area contributed by atoms with E-state index in [2.05, 4.69) is 29.8 Å². The normalized spacial score (nSPS) is 18.4. The maximum atomic E-state index is 12.1. The van der Waals surface area contributed by atoms with E-state index in [4.69, 9.17) is 0 Å². The fourth-order valence-electron chi connectivity index (χ4n) is 2.39. The molecule has 0 bridgehead atoms. The fourth-order valence-corrected chi connectivity index (χ4v) is 2.39. The Morgan fingerprint density at radius 3 is 3.00 bits per heavy atom. The molecule has 0 saturated carbocycles. The Balaban J connectivity index is 1.86. The van der Waals surface area contributed by atoms with Crippen molar-refractivity contribution < 1.29 is 4.79 Å². The molecule has 0 aliphatic carbocycles. The summed E-state index contributed by atoms with van der Waals surface area (Å²) in [7, 11) is 0. The second kappa shape index (κ2) is 7.41. The number of nitrogens with one attached hydrogen (secondary N) is 3. The quantitative estimate of drug-likeness (QED) is 0.740. The van der Waals surface area contributed by atoms with Gasteiger partial charge in [-0.05, 0) is 37.1 Å². The molecular formula is C16H25N3O. The van der Waals surface area contributed by atoms with Crippen LogP contribution in [-0.4, -0.2) is 31.1 Å². The summed E-state index contributed by atoms with van der Waals surface area (Å²) in [5.41, 5.74) is 1.89. The third-order valence-electron chi connectivity index (χ3n) is 3.57. The van der Waals surface area contributed by atoms with E-state index in [1.165, 1.54) is 6.42 Å². The number of hydrogen-bond donors (Lipinski definition) is 3. The molecule has 110 valence electrons. The maximum Gasteiger partial charge on any atom is 0.251 e. The Labute approximate surface area is 121 Å². The lowest BCUT2D eigenvalue weighted by Gasteiger charge is -2.12.